The molecule has 1 aliphatic rings. The smallest absolute Gasteiger partial charge is 0.160 e. The molecule has 0 amide bonds. The summed E-state index contributed by atoms with van der Waals surface area (Å²) < 4.78 is 0. The Labute approximate surface area is 87.8 Å². The summed E-state index contributed by atoms with van der Waals surface area (Å²) in [6.45, 7) is 0. The average molecular weight is 197 g/mol. The molecule has 0 aromatic heterocycles. The first-order valence-corrected chi connectivity index (χ1v) is 4.86. The molecule has 0 radical (unpaired) electrons. The lowest BCUT2D eigenvalue weighted by molar-refractivity contribution is 1.19. The molecular weight excluding hydrogens is 186 g/mol. The quantitative estimate of drug-likeness (QED) is 0.517. The second kappa shape index (κ2) is 2.73. The largest absolute Gasteiger partial charge is 0.327 e. The zero-order chi connectivity index (χ0) is 10.4. The first-order valence-electron chi connectivity index (χ1n) is 4.86. The van der Waals surface area contributed by atoms with E-state index < -0.39 is 0 Å². The third-order valence-electron chi connectivity index (χ3n) is 2.92. The highest BCUT2D eigenvalue weighted by Gasteiger charge is 2.24. The van der Waals surface area contributed by atoms with Crippen molar-refractivity contribution in [3.63, 3.8) is 0 Å². The normalized spacial score (nSPS) is 16.6. The van der Waals surface area contributed by atoms with Gasteiger partial charge in [-0.15, -0.1) is 0 Å². The molecule has 1 aliphatic heterocycles. The van der Waals surface area contributed by atoms with E-state index in [9.17, 15) is 0 Å². The van der Waals surface area contributed by atoms with Gasteiger partial charge in [0, 0.05) is 18.0 Å². The van der Waals surface area contributed by atoms with Crippen molar-refractivity contribution in [1.82, 2.24) is 0 Å². The second-order valence-corrected chi connectivity index (χ2v) is 3.69. The minimum absolute atomic E-state index is 0.835. The van der Waals surface area contributed by atoms with Gasteiger partial charge in [-0.2, -0.15) is 5.10 Å². The zero-order valence-electron chi connectivity index (χ0n) is 8.44. The standard InChI is InChI=1S/C12H11N3/c1-15-10-7-3-5-8-4-2-6-9(11(8)10)12(15)14-13/h2-7H,13H2,1H3/b14-12-. The monoisotopic (exact) mass is 197 g/mol. The third-order valence-corrected chi connectivity index (χ3v) is 2.92. The Hall–Kier alpha value is -2.03. The predicted octanol–water partition coefficient (Wildman–Crippen LogP) is 1.91. The maximum absolute atomic E-state index is 5.43. The molecule has 2 N–H and O–H groups in total. The van der Waals surface area contributed by atoms with Gasteiger partial charge in [-0.1, -0.05) is 30.3 Å². The number of hydrazone groups is 1. The molecule has 0 saturated carbocycles. The number of anilines is 1. The van der Waals surface area contributed by atoms with E-state index in [1.165, 1.54) is 16.5 Å². The number of hydrogen-bond donors (Lipinski definition) is 1. The van der Waals surface area contributed by atoms with Crippen molar-refractivity contribution in [3.8, 4) is 0 Å². The highest BCUT2D eigenvalue weighted by atomic mass is 15.3. The van der Waals surface area contributed by atoms with Crippen LogP contribution in [0.25, 0.3) is 10.8 Å². The van der Waals surface area contributed by atoms with Gasteiger partial charge < -0.3 is 10.7 Å². The van der Waals surface area contributed by atoms with Crippen LogP contribution in [-0.4, -0.2) is 12.9 Å². The lowest BCUT2D eigenvalue weighted by atomic mass is 10.1. The van der Waals surface area contributed by atoms with Crippen molar-refractivity contribution < 1.29 is 0 Å². The van der Waals surface area contributed by atoms with Crippen molar-refractivity contribution in [3.05, 3.63) is 42.0 Å². The fraction of sp³-hybridized carbons (Fsp3) is 0.0833. The second-order valence-electron chi connectivity index (χ2n) is 3.69. The number of nitrogens with zero attached hydrogens (tertiary/aromatic N) is 2. The van der Waals surface area contributed by atoms with Crippen LogP contribution in [-0.2, 0) is 0 Å². The zero-order valence-corrected chi connectivity index (χ0v) is 8.44. The number of hydrogen-bond acceptors (Lipinski definition) is 2. The summed E-state index contributed by atoms with van der Waals surface area (Å²) in [5.41, 5.74) is 2.29. The Morgan fingerprint density at radius 3 is 2.60 bits per heavy atom. The molecule has 0 spiro atoms. The fourth-order valence-corrected chi connectivity index (χ4v) is 2.24. The highest BCUT2D eigenvalue weighted by molar-refractivity contribution is 6.26. The summed E-state index contributed by atoms with van der Waals surface area (Å²) in [6.07, 6.45) is 0. The van der Waals surface area contributed by atoms with E-state index in [-0.39, 0.29) is 0 Å². The van der Waals surface area contributed by atoms with Crippen LogP contribution in [0.4, 0.5) is 5.69 Å². The molecular formula is C12H11N3. The van der Waals surface area contributed by atoms with Crippen LogP contribution in [0.3, 0.4) is 0 Å². The van der Waals surface area contributed by atoms with Crippen LogP contribution in [0, 0.1) is 0 Å². The summed E-state index contributed by atoms with van der Waals surface area (Å²) in [4.78, 5) is 2.03. The van der Waals surface area contributed by atoms with E-state index >= 15 is 0 Å². The molecule has 2 aromatic rings. The van der Waals surface area contributed by atoms with Gasteiger partial charge in [-0.25, -0.2) is 0 Å². The van der Waals surface area contributed by atoms with E-state index in [1.54, 1.807) is 0 Å². The van der Waals surface area contributed by atoms with Crippen molar-refractivity contribution in [2.24, 2.45) is 10.9 Å². The summed E-state index contributed by atoms with van der Waals surface area (Å²) in [5.74, 6) is 6.26. The molecule has 0 saturated heterocycles. The van der Waals surface area contributed by atoms with Gasteiger partial charge in [0.15, 0.2) is 5.84 Å². The minimum atomic E-state index is 0.835. The van der Waals surface area contributed by atoms with Gasteiger partial charge in [0.25, 0.3) is 0 Å². The van der Waals surface area contributed by atoms with E-state index in [2.05, 4.69) is 35.4 Å². The minimum Gasteiger partial charge on any atom is -0.327 e. The molecule has 2 aromatic carbocycles. The summed E-state index contributed by atoms with van der Waals surface area (Å²) >= 11 is 0. The van der Waals surface area contributed by atoms with Gasteiger partial charge in [0.05, 0.1) is 5.69 Å². The summed E-state index contributed by atoms with van der Waals surface area (Å²) in [6, 6.07) is 12.4. The highest BCUT2D eigenvalue weighted by Crippen LogP contribution is 2.36. The molecule has 0 fully saturated rings. The molecule has 74 valence electrons. The Bertz CT molecular complexity index is 567. The molecule has 3 heteroatoms. The lowest BCUT2D eigenvalue weighted by Gasteiger charge is -2.12. The van der Waals surface area contributed by atoms with Gasteiger partial charge >= 0.3 is 0 Å². The first-order chi connectivity index (χ1) is 7.33. The van der Waals surface area contributed by atoms with E-state index in [4.69, 9.17) is 5.84 Å². The SMILES string of the molecule is CN1/C(=N\N)c2cccc3cccc1c23. The maximum atomic E-state index is 5.43. The topological polar surface area (TPSA) is 41.6 Å². The molecule has 3 nitrogen and oxygen atoms in total. The molecule has 0 bridgehead atoms. The van der Waals surface area contributed by atoms with Crippen molar-refractivity contribution in [2.75, 3.05) is 11.9 Å². The first kappa shape index (κ1) is 8.29. The summed E-state index contributed by atoms with van der Waals surface area (Å²) in [5, 5.41) is 6.33. The molecule has 0 atom stereocenters. The van der Waals surface area contributed by atoms with Crippen LogP contribution >= 0.6 is 0 Å². The van der Waals surface area contributed by atoms with Gasteiger partial charge in [0.1, 0.15) is 0 Å². The number of benzene rings is 2. The fourth-order valence-electron chi connectivity index (χ4n) is 2.24. The van der Waals surface area contributed by atoms with Crippen LogP contribution in [0.15, 0.2) is 41.5 Å². The van der Waals surface area contributed by atoms with Crippen molar-refractivity contribution >= 4 is 22.3 Å². The average Bonchev–Trinajstić information content (AvgIpc) is 2.55. The van der Waals surface area contributed by atoms with Crippen LogP contribution in [0.5, 0.6) is 0 Å². The van der Waals surface area contributed by atoms with Crippen LogP contribution < -0.4 is 10.7 Å². The van der Waals surface area contributed by atoms with Gasteiger partial charge in [-0.05, 0) is 11.5 Å². The molecule has 0 aliphatic carbocycles. The van der Waals surface area contributed by atoms with Crippen molar-refractivity contribution in [2.45, 2.75) is 0 Å². The molecule has 3 rings (SSSR count). The Kier molecular flexibility index (Phi) is 1.51. The van der Waals surface area contributed by atoms with E-state index in [0.717, 1.165) is 11.4 Å². The number of rotatable bonds is 0. The molecule has 15 heavy (non-hydrogen) atoms. The van der Waals surface area contributed by atoms with Gasteiger partial charge in [-0.3, -0.25) is 0 Å². The van der Waals surface area contributed by atoms with Crippen LogP contribution in [0.2, 0.25) is 0 Å². The Balaban J connectivity index is 2.50. The predicted molar refractivity (Wildman–Crippen MR) is 63.1 cm³/mol. The Morgan fingerprint density at radius 1 is 1.13 bits per heavy atom. The number of amidine groups is 1. The maximum Gasteiger partial charge on any atom is 0.160 e. The van der Waals surface area contributed by atoms with E-state index in [0.29, 0.717) is 0 Å². The molecule has 1 heterocycles. The van der Waals surface area contributed by atoms with Crippen molar-refractivity contribution in [1.29, 1.82) is 0 Å². The van der Waals surface area contributed by atoms with Crippen LogP contribution in [0.1, 0.15) is 5.56 Å². The lowest BCUT2D eigenvalue weighted by Crippen LogP contribution is -2.23. The Morgan fingerprint density at radius 2 is 1.87 bits per heavy atom. The third kappa shape index (κ3) is 0.920. The van der Waals surface area contributed by atoms with Gasteiger partial charge in [0.2, 0.25) is 0 Å². The van der Waals surface area contributed by atoms with E-state index in [1.807, 2.05) is 18.0 Å². The molecule has 0 unspecified atom stereocenters. The summed E-state index contributed by atoms with van der Waals surface area (Å²) in [7, 11) is 1.99. The number of nitrogens with two attached hydrogens (primary N) is 1.